The molecule has 2 fully saturated rings. The minimum atomic E-state index is -0.955. The van der Waals surface area contributed by atoms with Crippen molar-refractivity contribution < 1.29 is 20.9 Å². The van der Waals surface area contributed by atoms with Crippen LogP contribution in [0, 0.1) is 0 Å². The number of hydrogen-bond acceptors (Lipinski definition) is 4. The molecule has 138 valence electrons. The number of carbonyl (C=O) groups is 3. The largest absolute Gasteiger partial charge is 0.465 e. The molecular formula is C17H20N4O5. The minimum absolute atomic E-state index is 0. The molecule has 2 aromatic rings. The molecule has 3 heterocycles. The number of likely N-dealkylation sites (tertiary alicyclic amines) is 1. The van der Waals surface area contributed by atoms with Gasteiger partial charge in [0.05, 0.1) is 11.0 Å². The van der Waals surface area contributed by atoms with E-state index in [1.54, 1.807) is 13.1 Å². The molecule has 9 nitrogen and oxygen atoms in total. The van der Waals surface area contributed by atoms with Crippen LogP contribution in [-0.2, 0) is 16.6 Å². The first kappa shape index (κ1) is 16.4. The number of nitrogens with one attached hydrogen (secondary N) is 1. The first-order chi connectivity index (χ1) is 12.4. The van der Waals surface area contributed by atoms with Gasteiger partial charge in [-0.1, -0.05) is 12.1 Å². The number of imide groups is 1. The fraction of sp³-hybridized carbons (Fsp3) is 0.412. The Morgan fingerprint density at radius 1 is 1.27 bits per heavy atom. The summed E-state index contributed by atoms with van der Waals surface area (Å²) in [4.78, 5) is 48.8. The zero-order chi connectivity index (χ0) is 18.6. The summed E-state index contributed by atoms with van der Waals surface area (Å²) < 4.78 is 2.94. The highest BCUT2D eigenvalue weighted by molar-refractivity contribution is 6.00. The van der Waals surface area contributed by atoms with E-state index in [0.717, 1.165) is 5.56 Å². The molecule has 2 N–H and O–H groups in total. The first-order valence-electron chi connectivity index (χ1n) is 8.40. The summed E-state index contributed by atoms with van der Waals surface area (Å²) in [5, 5.41) is 11.3. The maximum Gasteiger partial charge on any atom is 0.407 e. The zero-order valence-corrected chi connectivity index (χ0v) is 14.1. The van der Waals surface area contributed by atoms with Crippen molar-refractivity contribution in [3.8, 4) is 0 Å². The number of aromatic nitrogens is 2. The smallest absolute Gasteiger partial charge is 0.407 e. The Kier molecular flexibility index (Phi) is 3.60. The number of amides is 3. The second-order valence-electron chi connectivity index (χ2n) is 6.78. The lowest BCUT2D eigenvalue weighted by Gasteiger charge is -2.37. The summed E-state index contributed by atoms with van der Waals surface area (Å²) in [5.41, 5.74) is 1.90. The average molecular weight is 360 g/mol. The van der Waals surface area contributed by atoms with E-state index in [2.05, 4.69) is 5.32 Å². The Morgan fingerprint density at radius 3 is 2.65 bits per heavy atom. The summed E-state index contributed by atoms with van der Waals surface area (Å²) in [6, 6.07) is 4.75. The second-order valence-corrected chi connectivity index (χ2v) is 6.78. The standard InChI is InChI=1S/C17H18N4O5.H2/c1-19-14-10(9-7-20(8-9)17(25)26)3-2-4-11(14)21(16(19)24)12-5-6-13(22)18-15(12)23;/h2-4,9,12H,5-8H2,1H3,(H,25,26)(H,18,22,23);1H. The van der Waals surface area contributed by atoms with Crippen LogP contribution in [0.4, 0.5) is 4.79 Å². The molecule has 2 saturated heterocycles. The fourth-order valence-electron chi connectivity index (χ4n) is 3.86. The van der Waals surface area contributed by atoms with E-state index < -0.39 is 18.0 Å². The third-order valence-electron chi connectivity index (χ3n) is 5.25. The average Bonchev–Trinajstić information content (AvgIpc) is 2.79. The van der Waals surface area contributed by atoms with Crippen LogP contribution in [-0.4, -0.2) is 50.1 Å². The van der Waals surface area contributed by atoms with Gasteiger partial charge in [-0.05, 0) is 18.1 Å². The predicted octanol–water partition coefficient (Wildman–Crippen LogP) is 0.641. The second kappa shape index (κ2) is 5.72. The van der Waals surface area contributed by atoms with Gasteiger partial charge in [-0.3, -0.25) is 24.0 Å². The van der Waals surface area contributed by atoms with Gasteiger partial charge in [0.2, 0.25) is 11.8 Å². The Morgan fingerprint density at radius 2 is 2.00 bits per heavy atom. The number of para-hydroxylation sites is 1. The van der Waals surface area contributed by atoms with E-state index in [4.69, 9.17) is 5.11 Å². The number of benzene rings is 1. The number of fused-ring (bicyclic) bond motifs is 1. The zero-order valence-electron chi connectivity index (χ0n) is 14.1. The molecule has 26 heavy (non-hydrogen) atoms. The summed E-state index contributed by atoms with van der Waals surface area (Å²) in [6.45, 7) is 0.762. The van der Waals surface area contributed by atoms with Crippen LogP contribution in [0.1, 0.15) is 31.8 Å². The van der Waals surface area contributed by atoms with Crippen LogP contribution in [0.2, 0.25) is 0 Å². The van der Waals surface area contributed by atoms with Crippen molar-refractivity contribution in [2.45, 2.75) is 24.8 Å². The van der Waals surface area contributed by atoms with Crippen molar-refractivity contribution in [1.29, 1.82) is 0 Å². The van der Waals surface area contributed by atoms with Crippen LogP contribution < -0.4 is 11.0 Å². The van der Waals surface area contributed by atoms with Gasteiger partial charge in [-0.15, -0.1) is 0 Å². The molecule has 1 unspecified atom stereocenters. The van der Waals surface area contributed by atoms with E-state index in [0.29, 0.717) is 24.1 Å². The maximum absolute atomic E-state index is 12.8. The van der Waals surface area contributed by atoms with Crippen molar-refractivity contribution in [3.05, 3.63) is 34.2 Å². The highest BCUT2D eigenvalue weighted by atomic mass is 16.4. The molecule has 2 aliphatic rings. The molecule has 0 saturated carbocycles. The Hall–Kier alpha value is -3.10. The van der Waals surface area contributed by atoms with Gasteiger partial charge in [-0.25, -0.2) is 9.59 Å². The van der Waals surface area contributed by atoms with Crippen molar-refractivity contribution in [2.75, 3.05) is 13.1 Å². The first-order valence-corrected chi connectivity index (χ1v) is 8.40. The van der Waals surface area contributed by atoms with Crippen molar-refractivity contribution in [2.24, 2.45) is 7.05 Å². The van der Waals surface area contributed by atoms with E-state index in [1.807, 2.05) is 12.1 Å². The lowest BCUT2D eigenvalue weighted by molar-refractivity contribution is -0.135. The van der Waals surface area contributed by atoms with E-state index >= 15 is 0 Å². The van der Waals surface area contributed by atoms with Gasteiger partial charge < -0.3 is 10.0 Å². The third-order valence-corrected chi connectivity index (χ3v) is 5.25. The molecule has 9 heteroatoms. The molecule has 1 aromatic heterocycles. The lowest BCUT2D eigenvalue weighted by Crippen LogP contribution is -2.47. The Balaban J connectivity index is 0.00000210. The summed E-state index contributed by atoms with van der Waals surface area (Å²) >= 11 is 0. The van der Waals surface area contributed by atoms with Crippen LogP contribution in [0.25, 0.3) is 11.0 Å². The fourth-order valence-corrected chi connectivity index (χ4v) is 3.86. The molecule has 0 spiro atoms. The molecule has 1 atom stereocenters. The molecule has 0 radical (unpaired) electrons. The van der Waals surface area contributed by atoms with Gasteiger partial charge >= 0.3 is 11.8 Å². The monoisotopic (exact) mass is 360 g/mol. The normalized spacial score (nSPS) is 21.0. The number of rotatable bonds is 2. The number of aryl methyl sites for hydroxylation is 1. The highest BCUT2D eigenvalue weighted by Gasteiger charge is 2.35. The SMILES string of the molecule is Cn1c(=O)n(C2CCC(=O)NC2=O)c2cccc(C3CN(C(=O)O)C3)c21.[HH]. The number of imidazole rings is 1. The molecular weight excluding hydrogens is 340 g/mol. The summed E-state index contributed by atoms with van der Waals surface area (Å²) in [5.74, 6) is -0.789. The quantitative estimate of drug-likeness (QED) is 0.763. The van der Waals surface area contributed by atoms with Crippen molar-refractivity contribution in [3.63, 3.8) is 0 Å². The van der Waals surface area contributed by atoms with Crippen molar-refractivity contribution in [1.82, 2.24) is 19.4 Å². The number of carboxylic acid groups (broad SMARTS) is 1. The van der Waals surface area contributed by atoms with Gasteiger partial charge in [0.15, 0.2) is 0 Å². The van der Waals surface area contributed by atoms with Crippen molar-refractivity contribution >= 4 is 28.9 Å². The number of carbonyl (C=O) groups excluding carboxylic acids is 2. The molecule has 0 bridgehead atoms. The number of nitrogens with zero attached hydrogens (tertiary/aromatic N) is 3. The Labute approximate surface area is 149 Å². The lowest BCUT2D eigenvalue weighted by atomic mass is 9.90. The highest BCUT2D eigenvalue weighted by Crippen LogP contribution is 2.33. The number of hydrogen-bond donors (Lipinski definition) is 2. The minimum Gasteiger partial charge on any atom is -0.465 e. The van der Waals surface area contributed by atoms with E-state index in [-0.39, 0.29) is 31.8 Å². The van der Waals surface area contributed by atoms with Gasteiger partial charge in [0.1, 0.15) is 6.04 Å². The van der Waals surface area contributed by atoms with Crippen LogP contribution >= 0.6 is 0 Å². The van der Waals surface area contributed by atoms with Gasteiger partial charge in [0.25, 0.3) is 0 Å². The Bertz CT molecular complexity index is 1000. The van der Waals surface area contributed by atoms with Crippen LogP contribution in [0.3, 0.4) is 0 Å². The maximum atomic E-state index is 12.8. The summed E-state index contributed by atoms with van der Waals surface area (Å²) in [6.07, 6.45) is -0.484. The number of piperidine rings is 1. The molecule has 1 aromatic carbocycles. The molecule has 0 aliphatic carbocycles. The molecule has 2 aliphatic heterocycles. The van der Waals surface area contributed by atoms with E-state index in [9.17, 15) is 19.2 Å². The van der Waals surface area contributed by atoms with Gasteiger partial charge in [-0.2, -0.15) is 0 Å². The van der Waals surface area contributed by atoms with Gasteiger partial charge in [0, 0.05) is 33.9 Å². The van der Waals surface area contributed by atoms with E-state index in [1.165, 1.54) is 14.0 Å². The third kappa shape index (κ3) is 2.31. The summed E-state index contributed by atoms with van der Waals surface area (Å²) in [7, 11) is 1.64. The predicted molar refractivity (Wildman–Crippen MR) is 93.1 cm³/mol. The molecule has 4 rings (SSSR count). The van der Waals surface area contributed by atoms with Crippen LogP contribution in [0.15, 0.2) is 23.0 Å². The topological polar surface area (TPSA) is 114 Å². The van der Waals surface area contributed by atoms with Crippen LogP contribution in [0.5, 0.6) is 0 Å². The molecule has 3 amide bonds.